The molecule has 0 saturated carbocycles. The molecule has 0 radical (unpaired) electrons. The standard InChI is InChI=1S/C20H22N2O6S/c23-20(28-15-17-8-3-4-11-19(17)22(24)25)16-9-7-10-18(14-16)29(26,27)21-12-5-1-2-6-13-21/h3-4,7-11,14H,1-2,5-6,12-13,15H2. The van der Waals surface area contributed by atoms with E-state index in [9.17, 15) is 23.3 Å². The minimum atomic E-state index is -3.69. The molecule has 1 fully saturated rings. The summed E-state index contributed by atoms with van der Waals surface area (Å²) >= 11 is 0. The molecule has 9 heteroatoms. The second-order valence-electron chi connectivity index (χ2n) is 6.81. The Morgan fingerprint density at radius 3 is 2.41 bits per heavy atom. The molecule has 0 N–H and O–H groups in total. The molecular weight excluding hydrogens is 396 g/mol. The molecule has 3 rings (SSSR count). The number of hydrogen-bond donors (Lipinski definition) is 0. The predicted molar refractivity (Wildman–Crippen MR) is 106 cm³/mol. The lowest BCUT2D eigenvalue weighted by molar-refractivity contribution is -0.385. The number of nitro groups is 1. The van der Waals surface area contributed by atoms with Crippen molar-refractivity contribution in [2.24, 2.45) is 0 Å². The number of esters is 1. The van der Waals surface area contributed by atoms with Crippen LogP contribution in [0.1, 0.15) is 41.6 Å². The van der Waals surface area contributed by atoms with Crippen molar-refractivity contribution in [1.29, 1.82) is 0 Å². The van der Waals surface area contributed by atoms with Crippen LogP contribution in [0.25, 0.3) is 0 Å². The van der Waals surface area contributed by atoms with Crippen LogP contribution in [0.4, 0.5) is 5.69 Å². The Morgan fingerprint density at radius 1 is 1.03 bits per heavy atom. The highest BCUT2D eigenvalue weighted by molar-refractivity contribution is 7.89. The van der Waals surface area contributed by atoms with Crippen LogP contribution in [-0.2, 0) is 21.4 Å². The summed E-state index contributed by atoms with van der Waals surface area (Å²) in [6.45, 7) is 0.655. The van der Waals surface area contributed by atoms with Crippen LogP contribution in [0.15, 0.2) is 53.4 Å². The zero-order valence-corrected chi connectivity index (χ0v) is 16.6. The number of carbonyl (C=O) groups excluding carboxylic acids is 1. The molecule has 0 aromatic heterocycles. The topological polar surface area (TPSA) is 107 Å². The van der Waals surface area contributed by atoms with Gasteiger partial charge in [0.05, 0.1) is 20.9 Å². The van der Waals surface area contributed by atoms with Gasteiger partial charge in [-0.15, -0.1) is 0 Å². The average Bonchev–Trinajstić information content (AvgIpc) is 3.02. The van der Waals surface area contributed by atoms with Gasteiger partial charge in [-0.05, 0) is 37.1 Å². The van der Waals surface area contributed by atoms with Gasteiger partial charge in [0.1, 0.15) is 6.61 Å². The lowest BCUT2D eigenvalue weighted by Gasteiger charge is -2.20. The molecule has 0 unspecified atom stereocenters. The van der Waals surface area contributed by atoms with Gasteiger partial charge in [-0.25, -0.2) is 13.2 Å². The van der Waals surface area contributed by atoms with Crippen LogP contribution in [-0.4, -0.2) is 36.7 Å². The maximum absolute atomic E-state index is 12.9. The van der Waals surface area contributed by atoms with Gasteiger partial charge in [0.15, 0.2) is 0 Å². The molecule has 2 aromatic rings. The zero-order valence-electron chi connectivity index (χ0n) is 15.8. The van der Waals surface area contributed by atoms with Gasteiger partial charge < -0.3 is 4.74 Å². The number of rotatable bonds is 6. The van der Waals surface area contributed by atoms with E-state index < -0.39 is 20.9 Å². The Bertz CT molecular complexity index is 998. The van der Waals surface area contributed by atoms with Gasteiger partial charge in [-0.3, -0.25) is 10.1 Å². The zero-order chi connectivity index (χ0) is 20.9. The Labute approximate surface area is 169 Å². The first-order valence-corrected chi connectivity index (χ1v) is 10.8. The molecule has 0 amide bonds. The van der Waals surface area contributed by atoms with E-state index in [2.05, 4.69) is 0 Å². The highest BCUT2D eigenvalue weighted by Crippen LogP contribution is 2.22. The quantitative estimate of drug-likeness (QED) is 0.404. The smallest absolute Gasteiger partial charge is 0.338 e. The summed E-state index contributed by atoms with van der Waals surface area (Å²) < 4.78 is 32.5. The summed E-state index contributed by atoms with van der Waals surface area (Å²) in [5.41, 5.74) is 0.205. The Balaban J connectivity index is 1.75. The Kier molecular flexibility index (Phi) is 6.60. The van der Waals surface area contributed by atoms with Crippen LogP contribution >= 0.6 is 0 Å². The van der Waals surface area contributed by atoms with Gasteiger partial charge in [-0.2, -0.15) is 4.31 Å². The van der Waals surface area contributed by atoms with E-state index in [0.717, 1.165) is 25.7 Å². The second kappa shape index (κ2) is 9.15. The Morgan fingerprint density at radius 2 is 1.72 bits per heavy atom. The minimum absolute atomic E-state index is 0.0412. The molecular formula is C20H22N2O6S. The lowest BCUT2D eigenvalue weighted by atomic mass is 10.2. The summed E-state index contributed by atoms with van der Waals surface area (Å²) in [7, 11) is -3.69. The van der Waals surface area contributed by atoms with E-state index in [1.54, 1.807) is 6.07 Å². The molecule has 0 aliphatic carbocycles. The van der Waals surface area contributed by atoms with Crippen LogP contribution < -0.4 is 0 Å². The van der Waals surface area contributed by atoms with Crippen molar-refractivity contribution in [1.82, 2.24) is 4.31 Å². The normalized spacial score (nSPS) is 15.4. The van der Waals surface area contributed by atoms with Gasteiger partial charge in [0.2, 0.25) is 10.0 Å². The largest absolute Gasteiger partial charge is 0.457 e. The van der Waals surface area contributed by atoms with Gasteiger partial charge in [0, 0.05) is 19.2 Å². The van der Waals surface area contributed by atoms with E-state index in [0.29, 0.717) is 13.1 Å². The third kappa shape index (κ3) is 4.99. The number of nitro benzene ring substituents is 1. The van der Waals surface area contributed by atoms with Crippen LogP contribution in [0.5, 0.6) is 0 Å². The van der Waals surface area contributed by atoms with Crippen molar-refractivity contribution in [2.75, 3.05) is 13.1 Å². The first-order valence-electron chi connectivity index (χ1n) is 9.39. The van der Waals surface area contributed by atoms with Gasteiger partial charge >= 0.3 is 5.97 Å². The molecule has 1 saturated heterocycles. The maximum atomic E-state index is 12.9. The SMILES string of the molecule is O=C(OCc1ccccc1[N+](=O)[O-])c1cccc(S(=O)(=O)N2CCCCCC2)c1. The highest BCUT2D eigenvalue weighted by Gasteiger charge is 2.26. The van der Waals surface area contributed by atoms with Crippen molar-refractivity contribution in [3.8, 4) is 0 Å². The van der Waals surface area contributed by atoms with Crippen molar-refractivity contribution in [3.05, 3.63) is 69.8 Å². The molecule has 154 valence electrons. The summed E-state index contributed by atoms with van der Waals surface area (Å²) in [6.07, 6.45) is 3.64. The van der Waals surface area contributed by atoms with E-state index >= 15 is 0 Å². The number of sulfonamides is 1. The van der Waals surface area contributed by atoms with E-state index in [4.69, 9.17) is 4.74 Å². The van der Waals surface area contributed by atoms with Crippen molar-refractivity contribution in [3.63, 3.8) is 0 Å². The molecule has 1 aliphatic rings. The van der Waals surface area contributed by atoms with E-state index in [-0.39, 0.29) is 28.3 Å². The summed E-state index contributed by atoms with van der Waals surface area (Å²) in [6, 6.07) is 11.7. The maximum Gasteiger partial charge on any atom is 0.338 e. The first-order chi connectivity index (χ1) is 13.9. The first kappa shape index (κ1) is 20.9. The van der Waals surface area contributed by atoms with Crippen LogP contribution in [0, 0.1) is 10.1 Å². The van der Waals surface area contributed by atoms with Crippen LogP contribution in [0.2, 0.25) is 0 Å². The minimum Gasteiger partial charge on any atom is -0.457 e. The van der Waals surface area contributed by atoms with Crippen LogP contribution in [0.3, 0.4) is 0 Å². The molecule has 0 spiro atoms. The van der Waals surface area contributed by atoms with E-state index in [1.165, 1.54) is 46.8 Å². The second-order valence-corrected chi connectivity index (χ2v) is 8.75. The van der Waals surface area contributed by atoms with Crippen molar-refractivity contribution >= 4 is 21.7 Å². The fourth-order valence-electron chi connectivity index (χ4n) is 3.25. The number of ether oxygens (including phenoxy) is 1. The third-order valence-electron chi connectivity index (χ3n) is 4.82. The van der Waals surface area contributed by atoms with Gasteiger partial charge in [-0.1, -0.05) is 31.0 Å². The number of nitrogens with zero attached hydrogens (tertiary/aromatic N) is 2. The van der Waals surface area contributed by atoms with Crippen molar-refractivity contribution < 1.29 is 22.9 Å². The van der Waals surface area contributed by atoms with Crippen molar-refractivity contribution in [2.45, 2.75) is 37.2 Å². The summed E-state index contributed by atoms with van der Waals surface area (Å²) in [5, 5.41) is 11.1. The molecule has 29 heavy (non-hydrogen) atoms. The van der Waals surface area contributed by atoms with E-state index in [1.807, 2.05) is 0 Å². The monoisotopic (exact) mass is 418 g/mol. The number of benzene rings is 2. The number of hydrogen-bond acceptors (Lipinski definition) is 6. The molecule has 1 heterocycles. The third-order valence-corrected chi connectivity index (χ3v) is 6.71. The molecule has 8 nitrogen and oxygen atoms in total. The highest BCUT2D eigenvalue weighted by atomic mass is 32.2. The average molecular weight is 418 g/mol. The Hall–Kier alpha value is -2.78. The fourth-order valence-corrected chi connectivity index (χ4v) is 4.82. The predicted octanol–water partition coefficient (Wildman–Crippen LogP) is 3.52. The summed E-state index contributed by atoms with van der Waals surface area (Å²) in [5.74, 6) is -0.740. The molecule has 0 atom stereocenters. The van der Waals surface area contributed by atoms with Gasteiger partial charge in [0.25, 0.3) is 5.69 Å². The fraction of sp³-hybridized carbons (Fsp3) is 0.350. The lowest BCUT2D eigenvalue weighted by Crippen LogP contribution is -2.32. The molecule has 2 aromatic carbocycles. The summed E-state index contributed by atoms with van der Waals surface area (Å²) in [4.78, 5) is 23.0. The number of para-hydroxylation sites is 1. The number of carbonyl (C=O) groups is 1. The molecule has 1 aliphatic heterocycles. The molecule has 0 bridgehead atoms.